The van der Waals surface area contributed by atoms with E-state index in [9.17, 15) is 14.7 Å². The Kier molecular flexibility index (Phi) is 9.00. The Bertz CT molecular complexity index is 1420. The van der Waals surface area contributed by atoms with Crippen LogP contribution in [0.1, 0.15) is 61.3 Å². The van der Waals surface area contributed by atoms with E-state index in [2.05, 4.69) is 39.5 Å². The molecule has 9 heteroatoms. The minimum absolute atomic E-state index is 0.00325. The van der Waals surface area contributed by atoms with Crippen molar-refractivity contribution in [3.05, 3.63) is 101 Å². The van der Waals surface area contributed by atoms with Crippen LogP contribution in [0.2, 0.25) is 0 Å². The molecule has 0 bridgehead atoms. The number of piperidine rings is 1. The van der Waals surface area contributed by atoms with Gasteiger partial charge in [-0.1, -0.05) is 73.7 Å². The number of hydrogen-bond acceptors (Lipinski definition) is 7. The van der Waals surface area contributed by atoms with Crippen LogP contribution in [0.5, 0.6) is 0 Å². The van der Waals surface area contributed by atoms with Crippen LogP contribution in [0.4, 0.5) is 5.69 Å². The second-order valence-corrected chi connectivity index (χ2v) is 12.2. The number of amides is 2. The topological polar surface area (TPSA) is 103 Å². The average Bonchev–Trinajstić information content (AvgIpc) is 3.37. The quantitative estimate of drug-likeness (QED) is 0.360. The second-order valence-electron chi connectivity index (χ2n) is 12.2. The number of rotatable bonds is 8. The van der Waals surface area contributed by atoms with Crippen molar-refractivity contribution in [3.8, 4) is 0 Å². The standard InChI is InChI=1S/C35H42N4O5/c1-24-31(21-38-18-16-35(17-19-38)34(42)37-23-39(35)30-6-4-3-5-7-30)43-33(29-14-8-26(9-15-29)20-36-25(2)41)44-32(24)28-12-10-27(22-40)11-13-28/h3-15,24,31-33,40H,16-23H2,1-2H3,(H,36,41)(H,37,42)/t24-,31+,32+,33+/m0/s1. The van der Waals surface area contributed by atoms with Crippen LogP contribution >= 0.6 is 0 Å². The lowest BCUT2D eigenvalue weighted by atomic mass is 9.84. The fourth-order valence-electron chi connectivity index (χ4n) is 6.74. The number of ether oxygens (including phenoxy) is 2. The first-order chi connectivity index (χ1) is 21.4. The summed E-state index contributed by atoms with van der Waals surface area (Å²) >= 11 is 0. The van der Waals surface area contributed by atoms with Crippen LogP contribution in [0.3, 0.4) is 0 Å². The number of carbonyl (C=O) groups excluding carboxylic acids is 2. The Labute approximate surface area is 259 Å². The number of benzene rings is 3. The van der Waals surface area contributed by atoms with E-state index in [0.717, 1.165) is 60.4 Å². The zero-order valence-corrected chi connectivity index (χ0v) is 25.4. The molecule has 6 rings (SSSR count). The Morgan fingerprint density at radius 2 is 1.61 bits per heavy atom. The van der Waals surface area contributed by atoms with Gasteiger partial charge in [-0.25, -0.2) is 0 Å². The molecular formula is C35H42N4O5. The van der Waals surface area contributed by atoms with Gasteiger partial charge in [-0.05, 0) is 41.7 Å². The van der Waals surface area contributed by atoms with E-state index in [4.69, 9.17) is 9.47 Å². The first kappa shape index (κ1) is 30.3. The SMILES string of the molecule is CC(=O)NCc1ccc([C@@H]2O[C@H](CN3CCC4(CC3)C(=O)NCN4c3ccccc3)[C@H](C)[C@H](c3ccc(CO)cc3)O2)cc1. The number of anilines is 1. The van der Waals surface area contributed by atoms with E-state index < -0.39 is 11.8 Å². The van der Waals surface area contributed by atoms with Crippen molar-refractivity contribution in [2.75, 3.05) is 31.2 Å². The van der Waals surface area contributed by atoms with Gasteiger partial charge < -0.3 is 35.0 Å². The maximum atomic E-state index is 13.2. The van der Waals surface area contributed by atoms with Crippen LogP contribution in [0.15, 0.2) is 78.9 Å². The molecule has 0 saturated carbocycles. The van der Waals surface area contributed by atoms with Crippen molar-refractivity contribution in [1.29, 1.82) is 0 Å². The summed E-state index contributed by atoms with van der Waals surface area (Å²) < 4.78 is 13.3. The Morgan fingerprint density at radius 1 is 0.955 bits per heavy atom. The summed E-state index contributed by atoms with van der Waals surface area (Å²) in [4.78, 5) is 29.2. The van der Waals surface area contributed by atoms with Crippen LogP contribution in [0.25, 0.3) is 0 Å². The molecule has 3 saturated heterocycles. The van der Waals surface area contributed by atoms with Gasteiger partial charge in [-0.3, -0.25) is 9.59 Å². The molecule has 9 nitrogen and oxygen atoms in total. The third kappa shape index (κ3) is 6.23. The van der Waals surface area contributed by atoms with Crippen LogP contribution in [-0.4, -0.2) is 59.8 Å². The van der Waals surface area contributed by atoms with E-state index in [1.54, 1.807) is 0 Å². The van der Waals surface area contributed by atoms with Gasteiger partial charge in [0.1, 0.15) is 5.54 Å². The predicted molar refractivity (Wildman–Crippen MR) is 167 cm³/mol. The van der Waals surface area contributed by atoms with Crippen molar-refractivity contribution in [1.82, 2.24) is 15.5 Å². The Hall–Kier alpha value is -3.76. The Morgan fingerprint density at radius 3 is 2.27 bits per heavy atom. The summed E-state index contributed by atoms with van der Waals surface area (Å²) in [5.41, 5.74) is 4.38. The highest BCUT2D eigenvalue weighted by molar-refractivity contribution is 5.93. The molecule has 3 aliphatic heterocycles. The summed E-state index contributed by atoms with van der Waals surface area (Å²) in [6.07, 6.45) is 0.634. The monoisotopic (exact) mass is 598 g/mol. The molecule has 3 aliphatic rings. The summed E-state index contributed by atoms with van der Waals surface area (Å²) in [7, 11) is 0. The molecule has 0 aliphatic carbocycles. The van der Waals surface area contributed by atoms with Gasteiger partial charge in [0.15, 0.2) is 6.29 Å². The van der Waals surface area contributed by atoms with Gasteiger partial charge in [0, 0.05) is 50.3 Å². The fraction of sp³-hybridized carbons (Fsp3) is 0.429. The molecule has 0 unspecified atom stereocenters. The zero-order valence-electron chi connectivity index (χ0n) is 25.4. The van der Waals surface area contributed by atoms with Crippen molar-refractivity contribution in [3.63, 3.8) is 0 Å². The minimum Gasteiger partial charge on any atom is -0.392 e. The normalized spacial score (nSPS) is 25.2. The fourth-order valence-corrected chi connectivity index (χ4v) is 6.74. The average molecular weight is 599 g/mol. The van der Waals surface area contributed by atoms with Crippen molar-refractivity contribution >= 4 is 17.5 Å². The number of aliphatic hydroxyl groups excluding tert-OH is 1. The maximum Gasteiger partial charge on any atom is 0.247 e. The van der Waals surface area contributed by atoms with E-state index in [0.29, 0.717) is 13.2 Å². The van der Waals surface area contributed by atoms with Crippen LogP contribution in [0, 0.1) is 5.92 Å². The molecule has 232 valence electrons. The Balaban J connectivity index is 1.19. The highest BCUT2D eigenvalue weighted by Gasteiger charge is 2.51. The van der Waals surface area contributed by atoms with Gasteiger partial charge in [-0.15, -0.1) is 0 Å². The summed E-state index contributed by atoms with van der Waals surface area (Å²) in [5.74, 6) is 0.117. The number of aliphatic hydroxyl groups is 1. The number of hydrogen-bond donors (Lipinski definition) is 3. The largest absolute Gasteiger partial charge is 0.392 e. The second kappa shape index (κ2) is 13.1. The molecule has 3 fully saturated rings. The predicted octanol–water partition coefficient (Wildman–Crippen LogP) is 4.03. The molecule has 3 aromatic carbocycles. The molecule has 3 heterocycles. The molecule has 3 aromatic rings. The molecule has 1 spiro atoms. The lowest BCUT2D eigenvalue weighted by Gasteiger charge is -2.46. The first-order valence-electron chi connectivity index (χ1n) is 15.5. The molecule has 44 heavy (non-hydrogen) atoms. The highest BCUT2D eigenvalue weighted by Crippen LogP contribution is 2.43. The van der Waals surface area contributed by atoms with Gasteiger partial charge in [0.25, 0.3) is 0 Å². The first-order valence-corrected chi connectivity index (χ1v) is 15.5. The van der Waals surface area contributed by atoms with Crippen molar-refractivity contribution in [2.45, 2.75) is 63.9 Å². The van der Waals surface area contributed by atoms with Crippen LogP contribution < -0.4 is 15.5 Å². The number of para-hydroxylation sites is 1. The lowest BCUT2D eigenvalue weighted by Crippen LogP contribution is -2.57. The molecule has 4 atom stereocenters. The van der Waals surface area contributed by atoms with Crippen LogP contribution in [-0.2, 0) is 32.2 Å². The molecule has 0 aromatic heterocycles. The van der Waals surface area contributed by atoms with E-state index in [-0.39, 0.29) is 36.5 Å². The van der Waals surface area contributed by atoms with Gasteiger partial charge in [0.2, 0.25) is 11.8 Å². The van der Waals surface area contributed by atoms with Gasteiger partial charge in [-0.2, -0.15) is 0 Å². The zero-order chi connectivity index (χ0) is 30.7. The van der Waals surface area contributed by atoms with Gasteiger partial charge in [0.05, 0.1) is 25.5 Å². The van der Waals surface area contributed by atoms with E-state index >= 15 is 0 Å². The summed E-state index contributed by atoms with van der Waals surface area (Å²) in [6, 6.07) is 26.1. The number of carbonyl (C=O) groups is 2. The molecule has 3 N–H and O–H groups in total. The smallest absolute Gasteiger partial charge is 0.247 e. The molecular weight excluding hydrogens is 556 g/mol. The number of nitrogens with one attached hydrogen (secondary N) is 2. The van der Waals surface area contributed by atoms with E-state index in [1.165, 1.54) is 6.92 Å². The third-order valence-corrected chi connectivity index (χ3v) is 9.44. The molecule has 0 radical (unpaired) electrons. The highest BCUT2D eigenvalue weighted by atomic mass is 16.7. The van der Waals surface area contributed by atoms with Crippen molar-refractivity contribution in [2.24, 2.45) is 5.92 Å². The summed E-state index contributed by atoms with van der Waals surface area (Å²) in [5, 5.41) is 15.5. The summed E-state index contributed by atoms with van der Waals surface area (Å²) in [6.45, 7) is 7.01. The maximum absolute atomic E-state index is 13.2. The minimum atomic E-state index is -0.557. The number of nitrogens with zero attached hydrogens (tertiary/aromatic N) is 2. The van der Waals surface area contributed by atoms with Crippen molar-refractivity contribution < 1.29 is 24.2 Å². The lowest BCUT2D eigenvalue weighted by molar-refractivity contribution is -0.276. The van der Waals surface area contributed by atoms with E-state index in [1.807, 2.05) is 66.7 Å². The van der Waals surface area contributed by atoms with Gasteiger partial charge >= 0.3 is 0 Å². The molecule has 2 amide bonds. The third-order valence-electron chi connectivity index (χ3n) is 9.44. The number of likely N-dealkylation sites (tertiary alicyclic amines) is 1.